The van der Waals surface area contributed by atoms with Crippen molar-refractivity contribution in [2.75, 3.05) is 65.4 Å². The van der Waals surface area contributed by atoms with Gasteiger partial charge in [0.25, 0.3) is 0 Å². The highest BCUT2D eigenvalue weighted by Gasteiger charge is 2.47. The first-order chi connectivity index (χ1) is 65.2. The zero-order valence-electron chi connectivity index (χ0n) is 77.0. The number of nitrogens with one attached hydrogen (secondary N) is 11. The van der Waals surface area contributed by atoms with Gasteiger partial charge in [-0.2, -0.15) is 0 Å². The highest BCUT2D eigenvalue weighted by Crippen LogP contribution is 2.31. The monoisotopic (exact) mass is 1930 g/mol. The zero-order chi connectivity index (χ0) is 100. The van der Waals surface area contributed by atoms with E-state index in [2.05, 4.69) is 62.8 Å². The predicted molar refractivity (Wildman–Crippen MR) is 495 cm³/mol. The number of H-pyrrole nitrogens is 2. The molecule has 9 rings (SSSR count). The maximum atomic E-state index is 15.9. The number of hydrogen-bond acceptors (Lipinski definition) is 25. The number of aromatic hydroxyl groups is 1. The van der Waals surface area contributed by atoms with E-state index in [9.17, 15) is 83.1 Å². The molecule has 15 amide bonds. The Morgan fingerprint density at radius 1 is 0.569 bits per heavy atom. The lowest BCUT2D eigenvalue weighted by molar-refractivity contribution is -0.149. The second-order valence-corrected chi connectivity index (χ2v) is 35.5. The molecule has 45 nitrogen and oxygen atoms in total. The lowest BCUT2D eigenvalue weighted by Crippen LogP contribution is -2.61. The molecule has 22 N–H and O–H groups in total. The number of fused-ring (bicyclic) bond motifs is 4. The van der Waals surface area contributed by atoms with Crippen LogP contribution in [0.4, 0.5) is 0 Å². The number of Topliss-reactive ketones (excluding diaryl/α,β-unsaturated/α-hetero) is 1. The van der Waals surface area contributed by atoms with Crippen molar-refractivity contribution in [1.29, 1.82) is 0 Å². The third-order valence-corrected chi connectivity index (χ3v) is 25.6. The number of aromatic nitrogens is 4. The van der Waals surface area contributed by atoms with Crippen LogP contribution >= 0.6 is 11.8 Å². The average molecular weight is 1930 g/mol. The number of para-hydroxylation sites is 2. The predicted octanol–water partition coefficient (Wildman–Crippen LogP) is -2.81. The van der Waals surface area contributed by atoms with Crippen LogP contribution in [0.5, 0.6) is 5.75 Å². The number of phenolic OH excluding ortho intramolecular Hbond substituents is 1. The summed E-state index contributed by atoms with van der Waals surface area (Å²) >= 11 is 0.725. The molecule has 0 unspecified atom stereocenters. The van der Waals surface area contributed by atoms with Gasteiger partial charge < -0.3 is 130 Å². The number of aliphatic carboxylic acids is 3. The topological polar surface area (TPSA) is 677 Å². The molecule has 0 radical (unpaired) electrons. The van der Waals surface area contributed by atoms with Crippen molar-refractivity contribution in [1.82, 2.24) is 91.9 Å². The van der Waals surface area contributed by atoms with Crippen LogP contribution < -0.4 is 65.1 Å². The van der Waals surface area contributed by atoms with E-state index in [-0.39, 0.29) is 75.9 Å². The number of imidazole rings is 1. The summed E-state index contributed by atoms with van der Waals surface area (Å²) in [7, 11) is 3.77. The summed E-state index contributed by atoms with van der Waals surface area (Å²) in [4.78, 5) is 290. The van der Waals surface area contributed by atoms with Crippen LogP contribution in [0.2, 0.25) is 0 Å². The van der Waals surface area contributed by atoms with Crippen molar-refractivity contribution < 1.29 is 117 Å². The zero-order valence-corrected chi connectivity index (χ0v) is 77.9. The fourth-order valence-electron chi connectivity index (χ4n) is 17.0. The normalized spacial score (nSPS) is 24.6. The number of amides is 15. The van der Waals surface area contributed by atoms with Crippen molar-refractivity contribution >= 4 is 146 Å². The number of nitrogens with zero attached hydrogens (tertiary/aromatic N) is 7. The molecule has 0 spiro atoms. The molecule has 15 atom stereocenters. The van der Waals surface area contributed by atoms with Crippen LogP contribution in [0.1, 0.15) is 133 Å². The molecule has 0 saturated carbocycles. The van der Waals surface area contributed by atoms with Crippen LogP contribution in [-0.4, -0.2) is 332 Å². The van der Waals surface area contributed by atoms with Crippen molar-refractivity contribution in [3.05, 3.63) is 120 Å². The molecular formula is C91H123N21O24S. The summed E-state index contributed by atoms with van der Waals surface area (Å²) in [5, 5.41) is 76.3. The second-order valence-electron chi connectivity index (χ2n) is 34.5. The molecule has 3 fully saturated rings. The van der Waals surface area contributed by atoms with Gasteiger partial charge in [0.2, 0.25) is 88.6 Å². The highest BCUT2D eigenvalue weighted by atomic mass is 32.2. The average Bonchev–Trinajstić information content (AvgIpc) is 1.63. The van der Waals surface area contributed by atoms with Gasteiger partial charge in [0.1, 0.15) is 84.8 Å². The fourth-order valence-corrected chi connectivity index (χ4v) is 17.9. The van der Waals surface area contributed by atoms with Gasteiger partial charge in [-0.1, -0.05) is 88.1 Å². The number of carbonyl (C=O) groups excluding carboxylic acids is 16. The van der Waals surface area contributed by atoms with Crippen LogP contribution in [-0.2, 0) is 123 Å². The first kappa shape index (κ1) is 107. The number of carboxylic acid groups (broad SMARTS) is 3. The Kier molecular flexibility index (Phi) is 39.5. The molecule has 137 heavy (non-hydrogen) atoms. The van der Waals surface area contributed by atoms with Crippen molar-refractivity contribution in [3.63, 3.8) is 0 Å². The molecule has 0 aliphatic carbocycles. The second kappa shape index (κ2) is 50.6. The molecule has 46 heteroatoms. The summed E-state index contributed by atoms with van der Waals surface area (Å²) in [6, 6.07) is -2.27. The molecule has 3 aromatic heterocycles. The van der Waals surface area contributed by atoms with Crippen molar-refractivity contribution in [2.45, 2.75) is 228 Å². The van der Waals surface area contributed by atoms with Gasteiger partial charge in [0.05, 0.1) is 42.9 Å². The number of aromatic amines is 2. The Labute approximate surface area is 792 Å². The Bertz CT molecular complexity index is 5360. The van der Waals surface area contributed by atoms with Crippen LogP contribution in [0.15, 0.2) is 97.7 Å². The number of benzene rings is 3. The van der Waals surface area contributed by atoms with E-state index in [0.29, 0.717) is 57.8 Å². The largest absolute Gasteiger partial charge is 0.508 e. The summed E-state index contributed by atoms with van der Waals surface area (Å²) in [5.74, 6) is -22.8. The van der Waals surface area contributed by atoms with E-state index in [1.165, 1.54) is 68.6 Å². The van der Waals surface area contributed by atoms with Gasteiger partial charge in [0, 0.05) is 131 Å². The van der Waals surface area contributed by atoms with E-state index >= 15 is 33.6 Å². The van der Waals surface area contributed by atoms with Gasteiger partial charge in [-0.25, -0.2) is 4.98 Å². The fraction of sp³-hybridized carbons (Fsp3) is 0.516. The molecular weight excluding hydrogens is 1800 g/mol. The summed E-state index contributed by atoms with van der Waals surface area (Å²) < 4.78 is 1.42. The number of hydrogen-bond donors (Lipinski definition) is 19. The Morgan fingerprint density at radius 2 is 1.18 bits per heavy atom. The summed E-state index contributed by atoms with van der Waals surface area (Å²) in [6.45, 7) is 1.81. The first-order valence-electron chi connectivity index (χ1n) is 45.3. The number of primary amides is 1. The Balaban J connectivity index is 1.11. The number of aliphatic hydroxyl groups excluding tert-OH is 1. The number of carbonyl (C=O) groups is 19. The quantitative estimate of drug-likeness (QED) is 0.0247. The molecule has 742 valence electrons. The van der Waals surface area contributed by atoms with Gasteiger partial charge in [-0.3, -0.25) is 91.1 Å². The van der Waals surface area contributed by atoms with Gasteiger partial charge >= 0.3 is 17.9 Å². The maximum Gasteiger partial charge on any atom is 0.323 e. The minimum atomic E-state index is -1.95. The molecule has 6 aromatic rings. The third kappa shape index (κ3) is 29.3. The molecule has 3 aromatic carbocycles. The van der Waals surface area contributed by atoms with E-state index in [1.54, 1.807) is 61.7 Å². The van der Waals surface area contributed by atoms with Crippen LogP contribution in [0, 0.1) is 5.92 Å². The number of phenols is 1. The smallest absolute Gasteiger partial charge is 0.323 e. The van der Waals surface area contributed by atoms with E-state index in [0.717, 1.165) is 43.3 Å². The van der Waals surface area contributed by atoms with Crippen molar-refractivity contribution in [3.8, 4) is 5.75 Å². The number of nitrogens with two attached hydrogens (primary N) is 3. The number of aliphatic hydroxyl groups is 1. The number of carboxylic acids is 3. The van der Waals surface area contributed by atoms with Gasteiger partial charge in [0.15, 0.2) is 5.78 Å². The third-order valence-electron chi connectivity index (χ3n) is 24.5. The number of thioether (sulfide) groups is 1. The number of likely N-dealkylation sites (N-methyl/N-ethyl adjacent to an activating group) is 3. The lowest BCUT2D eigenvalue weighted by atomic mass is 9.90. The lowest BCUT2D eigenvalue weighted by Gasteiger charge is -2.36. The van der Waals surface area contributed by atoms with Crippen molar-refractivity contribution in [2.24, 2.45) is 23.1 Å². The number of rotatable bonds is 27. The minimum Gasteiger partial charge on any atom is -0.508 e. The van der Waals surface area contributed by atoms with Gasteiger partial charge in [-0.15, -0.1) is 11.8 Å². The molecule has 6 heterocycles. The maximum absolute atomic E-state index is 15.9. The molecule has 3 aliphatic rings. The number of ketones is 1. The van der Waals surface area contributed by atoms with E-state index in [4.69, 9.17) is 17.2 Å². The molecule has 3 saturated heterocycles. The van der Waals surface area contributed by atoms with Crippen LogP contribution in [0.3, 0.4) is 0 Å². The summed E-state index contributed by atoms with van der Waals surface area (Å²) in [5.41, 5.74) is 20.2. The number of unbranched alkanes of at least 4 members (excludes halogenated alkanes) is 2. The summed E-state index contributed by atoms with van der Waals surface area (Å²) in [6.07, 6.45) is 0.141. The Hall–Kier alpha value is -13.9. The molecule has 0 bridgehead atoms. The minimum absolute atomic E-state index is 0.0530. The SMILES string of the molecule is CCCC[C@H]1C(=O)N(C)[C@@H](CCCC)C(=O)N[C@@H](CN)C(=O)N[C@H](C(=O)NCC(N)=O)CSCC(=O)N[C@@H](Cc2ccc(O)cc2)C(=O)N(C)[C@@H](C)C(=O)N[C@@H](CC(=O)O)C(=O)N2CCC[C@H]2C(=O)N[C@@H](Cc2c[nH]cn2)C(=O)N[C@@H](CCC(=O)O)C(=O)N2C[C@H](O)C[C@H]2C(=O)C[C@@H](Cc2c[nH]c3ccccc23)C(=O)N[C@@H](CCN)C(=O)N[C@@H](Cc2cn(CC(=O)O)c3ccccc23)C(=O)N1C. The standard InChI is InChI=1S/C91H123N21O24S/c1-7-9-19-69-85(130)105-66(39-93)84(129)106-67(81(126)97-42-74(94)116)46-137-47-75(117)99-63(32-50-23-25-55(113)26-24-50)87(132)107(4)49(3)79(124)103-65(38-77(120)121)90(135)111-31-15-22-70(111)86(131)102-62(36-54-41-95-48-98-54)83(128)101-61(27-28-76(118)119)89(134)112-44-56(114)37-72(112)73(115)35-51(33-52-40-96-59-18-13-11-16-57(52)59)80(125)100-60(29-30-92)82(127)104-64(88(133)109(6)71(20-10-8-2)91(136)108(69)5)34-53-43-110(45-78(122)123)68-21-14-12-17-58(53)68/h11-14,16-18,21,23-26,40-41,43,48-49,51,56,60-67,69-72,96,113-114H,7-10,15,19-20,22,27-39,42,44-47,92-93H2,1-6H3,(H2,94,116)(H,95,98)(H,97,126)(H,99,117)(H,100,125)(H,101,128)(H,102,131)(H,103,124)(H,104,127)(H,105,130)(H,106,129)(H,118,119)(H,120,121)(H,122,123)/t49-,51+,56+,60-,61-,62-,63-,64-,65-,66-,67-,69-,70-,71-,72-/m0/s1. The first-order valence-corrected chi connectivity index (χ1v) is 46.5. The van der Waals surface area contributed by atoms with Crippen LogP contribution in [0.25, 0.3) is 21.8 Å². The van der Waals surface area contributed by atoms with Gasteiger partial charge in [-0.05, 0) is 99.4 Å². The van der Waals surface area contributed by atoms with E-state index in [1.807, 2.05) is 6.92 Å². The highest BCUT2D eigenvalue weighted by molar-refractivity contribution is 8.00. The van der Waals surface area contributed by atoms with E-state index < -0.39 is 285 Å². The molecule has 3 aliphatic heterocycles. The Morgan fingerprint density at radius 3 is 1.84 bits per heavy atom.